The maximum Gasteiger partial charge on any atom is 0.0830 e. The molecule has 0 atom stereocenters. The summed E-state index contributed by atoms with van der Waals surface area (Å²) in [7, 11) is 0. The minimum atomic E-state index is 0.0107. The third kappa shape index (κ3) is 2.61. The summed E-state index contributed by atoms with van der Waals surface area (Å²) in [4.78, 5) is 1.13. The van der Waals surface area contributed by atoms with E-state index in [-0.39, 0.29) is 6.61 Å². The molecule has 0 bridgehead atoms. The summed E-state index contributed by atoms with van der Waals surface area (Å²) in [5, 5.41) is 14.8. The van der Waals surface area contributed by atoms with Gasteiger partial charge in [0.05, 0.1) is 18.3 Å². The first-order chi connectivity index (χ1) is 9.67. The molecule has 1 aromatic heterocycles. The zero-order chi connectivity index (χ0) is 14.1. The molecular weight excluding hydrogens is 336 g/mol. The highest BCUT2D eigenvalue weighted by Gasteiger charge is 2.09. The van der Waals surface area contributed by atoms with Gasteiger partial charge in [0.1, 0.15) is 0 Å². The Kier molecular flexibility index (Phi) is 3.83. The second-order valence-corrected chi connectivity index (χ2v) is 6.49. The van der Waals surface area contributed by atoms with Crippen LogP contribution in [0.4, 0.5) is 0 Å². The van der Waals surface area contributed by atoms with Gasteiger partial charge in [-0.25, -0.2) is 4.09 Å². The maximum atomic E-state index is 9.42. The van der Waals surface area contributed by atoms with Crippen LogP contribution in [0, 0.1) is 6.92 Å². The Hall–Kier alpha value is -1.30. The van der Waals surface area contributed by atoms with Gasteiger partial charge >= 0.3 is 0 Å². The number of aliphatic hydroxyl groups is 1. The van der Waals surface area contributed by atoms with Crippen LogP contribution >= 0.6 is 27.9 Å². The molecule has 0 aliphatic carbocycles. The van der Waals surface area contributed by atoms with E-state index in [4.69, 9.17) is 0 Å². The monoisotopic (exact) mass is 348 g/mol. The summed E-state index contributed by atoms with van der Waals surface area (Å²) in [5.74, 6) is 0. The molecule has 0 spiro atoms. The molecule has 2 aromatic carbocycles. The van der Waals surface area contributed by atoms with Gasteiger partial charge in [-0.05, 0) is 36.8 Å². The first-order valence-corrected chi connectivity index (χ1v) is 7.76. The summed E-state index contributed by atoms with van der Waals surface area (Å²) in [6.45, 7) is 2.08. The number of fused-ring (bicyclic) bond motifs is 1. The Bertz CT molecular complexity index is 752. The second kappa shape index (κ2) is 5.60. The van der Waals surface area contributed by atoms with Crippen molar-refractivity contribution in [2.45, 2.75) is 18.4 Å². The van der Waals surface area contributed by atoms with Crippen LogP contribution in [0.15, 0.2) is 52.0 Å². The van der Waals surface area contributed by atoms with Crippen LogP contribution in [0.2, 0.25) is 0 Å². The van der Waals surface area contributed by atoms with E-state index in [1.165, 1.54) is 5.56 Å². The highest BCUT2D eigenvalue weighted by atomic mass is 79.9. The first kappa shape index (κ1) is 13.7. The Labute approximate surface area is 129 Å². The van der Waals surface area contributed by atoms with E-state index in [0.29, 0.717) is 0 Å². The average Bonchev–Trinajstić information content (AvgIpc) is 2.83. The summed E-state index contributed by atoms with van der Waals surface area (Å²) < 4.78 is 2.82. The molecule has 0 unspecified atom stereocenters. The van der Waals surface area contributed by atoms with Gasteiger partial charge in [0.15, 0.2) is 0 Å². The highest BCUT2D eigenvalue weighted by Crippen LogP contribution is 2.29. The lowest BCUT2D eigenvalue weighted by atomic mass is 10.1. The van der Waals surface area contributed by atoms with Gasteiger partial charge in [-0.2, -0.15) is 5.10 Å². The minimum absolute atomic E-state index is 0.0107. The molecular formula is C15H13BrN2OS. The zero-order valence-electron chi connectivity index (χ0n) is 10.9. The Balaban J connectivity index is 2.04. The molecule has 20 heavy (non-hydrogen) atoms. The topological polar surface area (TPSA) is 38.0 Å². The molecule has 0 saturated carbocycles. The number of aromatic nitrogens is 2. The van der Waals surface area contributed by atoms with Crippen molar-refractivity contribution in [3.05, 3.63) is 58.2 Å². The van der Waals surface area contributed by atoms with Gasteiger partial charge in [-0.1, -0.05) is 33.6 Å². The molecule has 3 rings (SSSR count). The molecule has 0 aliphatic heterocycles. The number of rotatable bonds is 3. The maximum absolute atomic E-state index is 9.42. The van der Waals surface area contributed by atoms with Gasteiger partial charge in [-0.3, -0.25) is 0 Å². The van der Waals surface area contributed by atoms with Crippen LogP contribution < -0.4 is 0 Å². The fraction of sp³-hybridized carbons (Fsp3) is 0.133. The fourth-order valence-corrected chi connectivity index (χ4v) is 3.34. The molecule has 0 radical (unpaired) electrons. The van der Waals surface area contributed by atoms with Crippen LogP contribution in [0.25, 0.3) is 10.9 Å². The summed E-state index contributed by atoms with van der Waals surface area (Å²) in [5.41, 5.74) is 3.11. The predicted molar refractivity (Wildman–Crippen MR) is 85.8 cm³/mol. The summed E-state index contributed by atoms with van der Waals surface area (Å²) >= 11 is 5.04. The SMILES string of the molecule is Cc1ccc(Sn2ncc3c(CO)cc(Br)cc32)cc1. The van der Waals surface area contributed by atoms with Crippen molar-refractivity contribution in [1.29, 1.82) is 0 Å². The number of aliphatic hydroxyl groups excluding tert-OH is 1. The van der Waals surface area contributed by atoms with E-state index in [9.17, 15) is 5.11 Å². The first-order valence-electron chi connectivity index (χ1n) is 6.19. The Morgan fingerprint density at radius 2 is 2.00 bits per heavy atom. The summed E-state index contributed by atoms with van der Waals surface area (Å²) in [6, 6.07) is 12.3. The minimum Gasteiger partial charge on any atom is -0.392 e. The molecule has 1 heterocycles. The van der Waals surface area contributed by atoms with Crippen molar-refractivity contribution in [1.82, 2.24) is 9.19 Å². The standard InChI is InChI=1S/C15H13BrN2OS/c1-10-2-4-13(5-3-10)20-18-15-7-12(16)6-11(9-19)14(15)8-17-18/h2-8,19H,9H2,1H3. The van der Waals surface area contributed by atoms with Crippen LogP contribution in [0.5, 0.6) is 0 Å². The third-order valence-electron chi connectivity index (χ3n) is 3.09. The van der Waals surface area contributed by atoms with E-state index in [1.807, 2.05) is 16.2 Å². The number of hydrogen-bond acceptors (Lipinski definition) is 3. The zero-order valence-corrected chi connectivity index (χ0v) is 13.3. The molecule has 5 heteroatoms. The molecule has 0 aliphatic rings. The van der Waals surface area contributed by atoms with Gasteiger partial charge in [0.25, 0.3) is 0 Å². The number of aryl methyl sites for hydroxylation is 1. The molecule has 3 aromatic rings. The van der Waals surface area contributed by atoms with Crippen molar-refractivity contribution in [2.75, 3.05) is 0 Å². The molecule has 0 saturated heterocycles. The number of hydrogen-bond donors (Lipinski definition) is 1. The molecule has 0 fully saturated rings. The van der Waals surface area contributed by atoms with E-state index in [1.54, 1.807) is 18.1 Å². The quantitative estimate of drug-likeness (QED) is 0.772. The lowest BCUT2D eigenvalue weighted by Crippen LogP contribution is -1.90. The Morgan fingerprint density at radius 1 is 1.25 bits per heavy atom. The average molecular weight is 349 g/mol. The van der Waals surface area contributed by atoms with Crippen molar-refractivity contribution < 1.29 is 5.11 Å². The number of benzene rings is 2. The van der Waals surface area contributed by atoms with Gasteiger partial charge < -0.3 is 5.11 Å². The molecule has 1 N–H and O–H groups in total. The van der Waals surface area contributed by atoms with E-state index in [2.05, 4.69) is 52.2 Å². The van der Waals surface area contributed by atoms with Gasteiger partial charge in [0.2, 0.25) is 0 Å². The lowest BCUT2D eigenvalue weighted by Gasteiger charge is -2.05. The van der Waals surface area contributed by atoms with Crippen LogP contribution in [0.1, 0.15) is 11.1 Å². The van der Waals surface area contributed by atoms with Crippen molar-refractivity contribution in [2.24, 2.45) is 0 Å². The third-order valence-corrected chi connectivity index (χ3v) is 4.49. The van der Waals surface area contributed by atoms with E-state index < -0.39 is 0 Å². The van der Waals surface area contributed by atoms with Crippen molar-refractivity contribution in [3.63, 3.8) is 0 Å². The number of nitrogens with zero attached hydrogens (tertiary/aromatic N) is 2. The Morgan fingerprint density at radius 3 is 2.70 bits per heavy atom. The van der Waals surface area contributed by atoms with Crippen LogP contribution in [-0.4, -0.2) is 14.3 Å². The highest BCUT2D eigenvalue weighted by molar-refractivity contribution is 9.10. The second-order valence-electron chi connectivity index (χ2n) is 4.58. The van der Waals surface area contributed by atoms with Gasteiger partial charge in [-0.15, -0.1) is 0 Å². The molecule has 102 valence electrons. The van der Waals surface area contributed by atoms with E-state index >= 15 is 0 Å². The van der Waals surface area contributed by atoms with E-state index in [0.717, 1.165) is 25.8 Å². The predicted octanol–water partition coefficient (Wildman–Crippen LogP) is 4.15. The fourth-order valence-electron chi connectivity index (χ4n) is 2.04. The van der Waals surface area contributed by atoms with Crippen LogP contribution in [0.3, 0.4) is 0 Å². The largest absolute Gasteiger partial charge is 0.392 e. The molecule has 3 nitrogen and oxygen atoms in total. The summed E-state index contributed by atoms with van der Waals surface area (Å²) in [6.07, 6.45) is 1.80. The van der Waals surface area contributed by atoms with Gasteiger partial charge in [0, 0.05) is 26.7 Å². The molecule has 0 amide bonds. The van der Waals surface area contributed by atoms with Crippen LogP contribution in [-0.2, 0) is 6.61 Å². The van der Waals surface area contributed by atoms with Crippen molar-refractivity contribution >= 4 is 38.8 Å². The smallest absolute Gasteiger partial charge is 0.0830 e. The lowest BCUT2D eigenvalue weighted by molar-refractivity contribution is 0.283. The van der Waals surface area contributed by atoms with Crippen molar-refractivity contribution in [3.8, 4) is 0 Å². The normalized spacial score (nSPS) is 11.2. The number of halogens is 1.